The zero-order valence-corrected chi connectivity index (χ0v) is 19.8. The summed E-state index contributed by atoms with van der Waals surface area (Å²) in [5.41, 5.74) is 2.49. The van der Waals surface area contributed by atoms with Gasteiger partial charge in [-0.3, -0.25) is 4.90 Å². The van der Waals surface area contributed by atoms with Crippen molar-refractivity contribution in [2.45, 2.75) is 32.4 Å². The third-order valence-corrected chi connectivity index (χ3v) is 5.62. The number of hydrogen-bond acceptors (Lipinski definition) is 4. The zero-order chi connectivity index (χ0) is 18.9. The molecule has 1 fully saturated rings. The highest BCUT2D eigenvalue weighted by Crippen LogP contribution is 2.31. The number of rotatable bonds is 8. The minimum Gasteiger partial charge on any atom is -0.496 e. The van der Waals surface area contributed by atoms with Gasteiger partial charge in [0.25, 0.3) is 0 Å². The van der Waals surface area contributed by atoms with Crippen molar-refractivity contribution in [3.8, 4) is 5.75 Å². The molecule has 1 aromatic carbocycles. The lowest BCUT2D eigenvalue weighted by Gasteiger charge is -2.30. The number of halogens is 1. The Morgan fingerprint density at radius 2 is 2.00 bits per heavy atom. The molecule has 2 heterocycles. The van der Waals surface area contributed by atoms with Crippen LogP contribution in [0.1, 0.15) is 36.9 Å². The molecule has 1 saturated heterocycles. The van der Waals surface area contributed by atoms with E-state index in [9.17, 15) is 0 Å². The first kappa shape index (κ1) is 23.0. The van der Waals surface area contributed by atoms with Gasteiger partial charge in [0.15, 0.2) is 5.96 Å². The second-order valence-corrected chi connectivity index (χ2v) is 7.49. The van der Waals surface area contributed by atoms with Crippen LogP contribution in [-0.2, 0) is 6.54 Å². The monoisotopic (exact) mass is 514 g/mol. The maximum absolute atomic E-state index is 5.64. The van der Waals surface area contributed by atoms with Crippen LogP contribution in [-0.4, -0.2) is 44.1 Å². The first-order chi connectivity index (χ1) is 13.3. The number of benzene rings is 1. The highest BCUT2D eigenvalue weighted by atomic mass is 127. The van der Waals surface area contributed by atoms with E-state index in [0.717, 1.165) is 37.9 Å². The van der Waals surface area contributed by atoms with E-state index in [1.54, 1.807) is 18.4 Å². The summed E-state index contributed by atoms with van der Waals surface area (Å²) >= 11 is 1.71. The second kappa shape index (κ2) is 12.3. The molecule has 0 aliphatic carbocycles. The minimum atomic E-state index is 0. The van der Waals surface area contributed by atoms with Crippen molar-refractivity contribution in [3.63, 3.8) is 0 Å². The Kier molecular flexibility index (Phi) is 10.1. The summed E-state index contributed by atoms with van der Waals surface area (Å²) in [6.07, 6.45) is 2.52. The normalized spacial score (nSPS) is 15.7. The van der Waals surface area contributed by atoms with E-state index in [4.69, 9.17) is 9.73 Å². The molecule has 7 heteroatoms. The van der Waals surface area contributed by atoms with Crippen molar-refractivity contribution in [2.75, 3.05) is 33.3 Å². The first-order valence-corrected chi connectivity index (χ1v) is 10.7. The van der Waals surface area contributed by atoms with Crippen LogP contribution in [0.4, 0.5) is 0 Å². The molecule has 0 spiro atoms. The Bertz CT molecular complexity index is 717. The lowest BCUT2D eigenvalue weighted by molar-refractivity contribution is 0.239. The molecule has 1 aliphatic heterocycles. The average Bonchev–Trinajstić information content (AvgIpc) is 3.41. The topological polar surface area (TPSA) is 48.9 Å². The number of nitrogens with zero attached hydrogens (tertiary/aromatic N) is 2. The van der Waals surface area contributed by atoms with Gasteiger partial charge in [0.1, 0.15) is 5.75 Å². The fourth-order valence-electron chi connectivity index (χ4n) is 3.52. The Labute approximate surface area is 189 Å². The SMILES string of the molecule is CCNC(=NCc1ccsc1)NCC(c1ccccc1OC)N1CCCC1.I. The molecule has 2 N–H and O–H groups in total. The number of ether oxygens (including phenoxy) is 1. The Hall–Kier alpha value is -1.32. The number of hydrogen-bond donors (Lipinski definition) is 2. The summed E-state index contributed by atoms with van der Waals surface area (Å²) in [7, 11) is 1.75. The van der Waals surface area contributed by atoms with Gasteiger partial charge in [0, 0.05) is 18.7 Å². The molecule has 3 rings (SSSR count). The van der Waals surface area contributed by atoms with Crippen LogP contribution in [0.15, 0.2) is 46.1 Å². The van der Waals surface area contributed by atoms with Crippen molar-refractivity contribution in [1.29, 1.82) is 0 Å². The van der Waals surface area contributed by atoms with Gasteiger partial charge in [0.2, 0.25) is 0 Å². The third kappa shape index (κ3) is 6.35. The number of para-hydroxylation sites is 1. The fourth-order valence-corrected chi connectivity index (χ4v) is 4.18. The van der Waals surface area contributed by atoms with E-state index in [1.165, 1.54) is 24.0 Å². The molecule has 0 bridgehead atoms. The molecule has 154 valence electrons. The van der Waals surface area contributed by atoms with E-state index >= 15 is 0 Å². The Balaban J connectivity index is 0.00000280. The van der Waals surface area contributed by atoms with Gasteiger partial charge < -0.3 is 15.4 Å². The average molecular weight is 514 g/mol. The zero-order valence-electron chi connectivity index (χ0n) is 16.7. The molecular formula is C21H31IN4OS. The molecule has 1 unspecified atom stereocenters. The van der Waals surface area contributed by atoms with Crippen LogP contribution >= 0.6 is 35.3 Å². The highest BCUT2D eigenvalue weighted by molar-refractivity contribution is 14.0. The van der Waals surface area contributed by atoms with Gasteiger partial charge in [0.05, 0.1) is 19.7 Å². The molecule has 1 atom stereocenters. The number of nitrogens with one attached hydrogen (secondary N) is 2. The number of methoxy groups -OCH3 is 1. The highest BCUT2D eigenvalue weighted by Gasteiger charge is 2.26. The summed E-state index contributed by atoms with van der Waals surface area (Å²) in [4.78, 5) is 7.29. The van der Waals surface area contributed by atoms with Gasteiger partial charge in [-0.05, 0) is 61.3 Å². The first-order valence-electron chi connectivity index (χ1n) is 9.72. The molecule has 0 saturated carbocycles. The maximum Gasteiger partial charge on any atom is 0.191 e. The fraction of sp³-hybridized carbons (Fsp3) is 0.476. The predicted octanol–water partition coefficient (Wildman–Crippen LogP) is 4.27. The van der Waals surface area contributed by atoms with E-state index in [2.05, 4.69) is 51.4 Å². The molecule has 28 heavy (non-hydrogen) atoms. The van der Waals surface area contributed by atoms with Gasteiger partial charge in [-0.2, -0.15) is 11.3 Å². The van der Waals surface area contributed by atoms with E-state index in [1.807, 2.05) is 12.1 Å². The summed E-state index contributed by atoms with van der Waals surface area (Å²) < 4.78 is 5.64. The number of guanidine groups is 1. The van der Waals surface area contributed by atoms with E-state index < -0.39 is 0 Å². The number of likely N-dealkylation sites (tertiary alicyclic amines) is 1. The van der Waals surface area contributed by atoms with Crippen molar-refractivity contribution in [2.24, 2.45) is 4.99 Å². The van der Waals surface area contributed by atoms with Crippen LogP contribution in [0.3, 0.4) is 0 Å². The van der Waals surface area contributed by atoms with Gasteiger partial charge in [-0.25, -0.2) is 4.99 Å². The van der Waals surface area contributed by atoms with Gasteiger partial charge >= 0.3 is 0 Å². The van der Waals surface area contributed by atoms with E-state index in [0.29, 0.717) is 6.54 Å². The minimum absolute atomic E-state index is 0. The molecule has 0 amide bonds. The van der Waals surface area contributed by atoms with E-state index in [-0.39, 0.29) is 30.0 Å². The van der Waals surface area contributed by atoms with Crippen molar-refractivity contribution >= 4 is 41.3 Å². The standard InChI is InChI=1S/C21H30N4OS.HI/c1-3-22-21(23-14-17-10-13-27-16-17)24-15-19(25-11-6-7-12-25)18-8-4-5-9-20(18)26-2;/h4-5,8-10,13,16,19H,3,6-7,11-12,14-15H2,1-2H3,(H2,22,23,24);1H. The quantitative estimate of drug-likeness (QED) is 0.314. The largest absolute Gasteiger partial charge is 0.496 e. The molecular weight excluding hydrogens is 483 g/mol. The van der Waals surface area contributed by atoms with Gasteiger partial charge in [-0.1, -0.05) is 18.2 Å². The molecule has 2 aromatic rings. The second-order valence-electron chi connectivity index (χ2n) is 6.71. The van der Waals surface area contributed by atoms with Crippen LogP contribution in [0.5, 0.6) is 5.75 Å². The third-order valence-electron chi connectivity index (χ3n) is 4.89. The summed E-state index contributed by atoms with van der Waals surface area (Å²) in [5.74, 6) is 1.82. The molecule has 0 radical (unpaired) electrons. The molecule has 5 nitrogen and oxygen atoms in total. The maximum atomic E-state index is 5.64. The number of thiophene rings is 1. The smallest absolute Gasteiger partial charge is 0.191 e. The predicted molar refractivity (Wildman–Crippen MR) is 129 cm³/mol. The van der Waals surface area contributed by atoms with Gasteiger partial charge in [-0.15, -0.1) is 24.0 Å². The Morgan fingerprint density at radius 3 is 2.68 bits per heavy atom. The lowest BCUT2D eigenvalue weighted by atomic mass is 10.0. The van der Waals surface area contributed by atoms with Crippen LogP contribution in [0.25, 0.3) is 0 Å². The van der Waals surface area contributed by atoms with Crippen LogP contribution in [0.2, 0.25) is 0 Å². The summed E-state index contributed by atoms with van der Waals surface area (Å²) in [6.45, 7) is 6.70. The van der Waals surface area contributed by atoms with Crippen molar-refractivity contribution in [1.82, 2.24) is 15.5 Å². The molecule has 1 aromatic heterocycles. The van der Waals surface area contributed by atoms with Crippen LogP contribution in [0, 0.1) is 0 Å². The summed E-state index contributed by atoms with van der Waals surface area (Å²) in [6, 6.07) is 10.8. The van der Waals surface area contributed by atoms with Crippen molar-refractivity contribution in [3.05, 3.63) is 52.2 Å². The molecule has 1 aliphatic rings. The van der Waals surface area contributed by atoms with Crippen LogP contribution < -0.4 is 15.4 Å². The Morgan fingerprint density at radius 1 is 1.21 bits per heavy atom. The number of aliphatic imine (C=N–C) groups is 1. The summed E-state index contributed by atoms with van der Waals surface area (Å²) in [5, 5.41) is 11.2. The van der Waals surface area contributed by atoms with Crippen molar-refractivity contribution < 1.29 is 4.74 Å². The lowest BCUT2D eigenvalue weighted by Crippen LogP contribution is -2.42.